The van der Waals surface area contributed by atoms with E-state index in [1.54, 1.807) is 13.0 Å². The smallest absolute Gasteiger partial charge is 0.330 e. The maximum absolute atomic E-state index is 11.3. The minimum atomic E-state index is -0.568. The molecule has 0 saturated carbocycles. The number of carbonyl (C=O) groups excluding carboxylic acids is 1. The predicted octanol–water partition coefficient (Wildman–Crippen LogP) is 2.96. The third-order valence-electron chi connectivity index (χ3n) is 3.44. The average Bonchev–Trinajstić information content (AvgIpc) is 2.53. The molecule has 0 aliphatic rings. The number of rotatable bonds is 9. The molecule has 3 atom stereocenters. The number of benzene rings is 1. The Morgan fingerprint density at radius 2 is 1.95 bits per heavy atom. The molecule has 0 aliphatic carbocycles. The van der Waals surface area contributed by atoms with Crippen LogP contribution in [0.25, 0.3) is 0 Å². The quantitative estimate of drug-likeness (QED) is 0.563. The molecular weight excluding hydrogens is 280 g/mol. The fourth-order valence-electron chi connectivity index (χ4n) is 2.09. The molecule has 0 aromatic heterocycles. The molecule has 4 heteroatoms. The Morgan fingerprint density at radius 1 is 1.27 bits per heavy atom. The van der Waals surface area contributed by atoms with Crippen molar-refractivity contribution in [3.63, 3.8) is 0 Å². The molecule has 0 aliphatic heterocycles. The van der Waals surface area contributed by atoms with Crippen LogP contribution in [0.3, 0.4) is 0 Å². The van der Waals surface area contributed by atoms with E-state index in [4.69, 9.17) is 9.47 Å². The van der Waals surface area contributed by atoms with Gasteiger partial charge < -0.3 is 14.6 Å². The molecule has 0 saturated heterocycles. The normalized spacial score (nSPS) is 15.5. The summed E-state index contributed by atoms with van der Waals surface area (Å²) in [4.78, 5) is 11.3. The number of esters is 1. The second-order valence-corrected chi connectivity index (χ2v) is 5.44. The predicted molar refractivity (Wildman–Crippen MR) is 86.2 cm³/mol. The Hall–Kier alpha value is -1.65. The molecular formula is C18H26O4. The van der Waals surface area contributed by atoms with Gasteiger partial charge in [-0.05, 0) is 12.5 Å². The minimum Gasteiger partial charge on any atom is -0.463 e. The summed E-state index contributed by atoms with van der Waals surface area (Å²) in [5.74, 6) is -0.542. The van der Waals surface area contributed by atoms with Crippen LogP contribution in [0.4, 0.5) is 0 Å². The van der Waals surface area contributed by atoms with Crippen molar-refractivity contribution < 1.29 is 19.4 Å². The Morgan fingerprint density at radius 3 is 2.59 bits per heavy atom. The number of carbonyl (C=O) groups is 1. The van der Waals surface area contributed by atoms with Crippen LogP contribution in [-0.2, 0) is 20.9 Å². The molecule has 1 aromatic rings. The minimum absolute atomic E-state index is 0.0226. The van der Waals surface area contributed by atoms with Gasteiger partial charge in [0.2, 0.25) is 0 Å². The van der Waals surface area contributed by atoms with Gasteiger partial charge >= 0.3 is 5.97 Å². The van der Waals surface area contributed by atoms with E-state index in [0.29, 0.717) is 19.8 Å². The van der Waals surface area contributed by atoms with E-state index in [1.165, 1.54) is 6.08 Å². The first-order valence-electron chi connectivity index (χ1n) is 7.69. The Kier molecular flexibility index (Phi) is 8.48. The summed E-state index contributed by atoms with van der Waals surface area (Å²) < 4.78 is 10.5. The third kappa shape index (κ3) is 6.87. The monoisotopic (exact) mass is 306 g/mol. The van der Waals surface area contributed by atoms with Crippen LogP contribution >= 0.6 is 0 Å². The summed E-state index contributed by atoms with van der Waals surface area (Å²) in [5, 5.41) is 10.2. The maximum atomic E-state index is 11.3. The van der Waals surface area contributed by atoms with Crippen molar-refractivity contribution in [3.05, 3.63) is 48.0 Å². The SMILES string of the molecule is CCOC(=O)/C=C/[C@H](C)[C@H](O)[C@H](C)COCc1ccccc1. The third-order valence-corrected chi connectivity index (χ3v) is 3.44. The largest absolute Gasteiger partial charge is 0.463 e. The average molecular weight is 306 g/mol. The van der Waals surface area contributed by atoms with Gasteiger partial charge in [-0.1, -0.05) is 50.3 Å². The molecule has 122 valence electrons. The van der Waals surface area contributed by atoms with Crippen LogP contribution in [0.2, 0.25) is 0 Å². The molecule has 22 heavy (non-hydrogen) atoms. The maximum Gasteiger partial charge on any atom is 0.330 e. The number of ether oxygens (including phenoxy) is 2. The van der Waals surface area contributed by atoms with E-state index >= 15 is 0 Å². The number of aliphatic hydroxyl groups excluding tert-OH is 1. The number of hydrogen-bond donors (Lipinski definition) is 1. The van der Waals surface area contributed by atoms with Gasteiger partial charge in [-0.15, -0.1) is 0 Å². The van der Waals surface area contributed by atoms with Crippen molar-refractivity contribution in [2.45, 2.75) is 33.5 Å². The van der Waals surface area contributed by atoms with Crippen molar-refractivity contribution >= 4 is 5.97 Å². The van der Waals surface area contributed by atoms with Gasteiger partial charge in [-0.25, -0.2) is 4.79 Å². The highest BCUT2D eigenvalue weighted by molar-refractivity contribution is 5.81. The summed E-state index contributed by atoms with van der Waals surface area (Å²) in [6.07, 6.45) is 2.48. The Bertz CT molecular complexity index is 455. The molecule has 0 spiro atoms. The summed E-state index contributed by atoms with van der Waals surface area (Å²) in [6.45, 7) is 6.91. The zero-order valence-corrected chi connectivity index (χ0v) is 13.6. The second kappa shape index (κ2) is 10.1. The molecule has 1 aromatic carbocycles. The first-order valence-corrected chi connectivity index (χ1v) is 7.69. The highest BCUT2D eigenvalue weighted by Gasteiger charge is 2.19. The van der Waals surface area contributed by atoms with Crippen LogP contribution in [-0.4, -0.2) is 30.4 Å². The lowest BCUT2D eigenvalue weighted by Gasteiger charge is -2.22. The summed E-state index contributed by atoms with van der Waals surface area (Å²) >= 11 is 0. The zero-order chi connectivity index (χ0) is 16.4. The molecule has 4 nitrogen and oxygen atoms in total. The fraction of sp³-hybridized carbons (Fsp3) is 0.500. The van der Waals surface area contributed by atoms with Gasteiger partial charge in [-0.3, -0.25) is 0 Å². The van der Waals surface area contributed by atoms with E-state index in [2.05, 4.69) is 0 Å². The van der Waals surface area contributed by atoms with Gasteiger partial charge in [0.25, 0.3) is 0 Å². The second-order valence-electron chi connectivity index (χ2n) is 5.44. The van der Waals surface area contributed by atoms with E-state index < -0.39 is 6.10 Å². The molecule has 0 amide bonds. The van der Waals surface area contributed by atoms with Crippen LogP contribution in [0.5, 0.6) is 0 Å². The van der Waals surface area contributed by atoms with Gasteiger partial charge in [-0.2, -0.15) is 0 Å². The molecule has 0 bridgehead atoms. The molecule has 1 N–H and O–H groups in total. The zero-order valence-electron chi connectivity index (χ0n) is 13.6. The van der Waals surface area contributed by atoms with Crippen molar-refractivity contribution in [1.29, 1.82) is 0 Å². The topological polar surface area (TPSA) is 55.8 Å². The van der Waals surface area contributed by atoms with Crippen LogP contribution in [0.1, 0.15) is 26.3 Å². The summed E-state index contributed by atoms with van der Waals surface area (Å²) in [7, 11) is 0. The first-order chi connectivity index (χ1) is 10.5. The lowest BCUT2D eigenvalue weighted by atomic mass is 9.93. The van der Waals surface area contributed by atoms with Gasteiger partial charge in [0.15, 0.2) is 0 Å². The standard InChI is InChI=1S/C18H26O4/c1-4-22-17(19)11-10-14(2)18(20)15(3)12-21-13-16-8-6-5-7-9-16/h5-11,14-15,18,20H,4,12-13H2,1-3H3/b11-10+/t14-,15+,18-/m0/s1. The van der Waals surface area contributed by atoms with E-state index in [9.17, 15) is 9.90 Å². The van der Waals surface area contributed by atoms with Crippen molar-refractivity contribution in [3.8, 4) is 0 Å². The molecule has 0 fully saturated rings. The van der Waals surface area contributed by atoms with Crippen LogP contribution in [0, 0.1) is 11.8 Å². The van der Waals surface area contributed by atoms with Gasteiger partial charge in [0, 0.05) is 17.9 Å². The highest BCUT2D eigenvalue weighted by atomic mass is 16.5. The highest BCUT2D eigenvalue weighted by Crippen LogP contribution is 2.15. The Labute approximate surface area is 132 Å². The van der Waals surface area contributed by atoms with Crippen LogP contribution in [0.15, 0.2) is 42.5 Å². The van der Waals surface area contributed by atoms with Crippen molar-refractivity contribution in [2.24, 2.45) is 11.8 Å². The molecule has 0 unspecified atom stereocenters. The lowest BCUT2D eigenvalue weighted by Crippen LogP contribution is -2.28. The number of aliphatic hydroxyl groups is 1. The fourth-order valence-corrected chi connectivity index (χ4v) is 2.09. The lowest BCUT2D eigenvalue weighted by molar-refractivity contribution is -0.137. The van der Waals surface area contributed by atoms with Crippen molar-refractivity contribution in [2.75, 3.05) is 13.2 Å². The van der Waals surface area contributed by atoms with Crippen LogP contribution < -0.4 is 0 Å². The van der Waals surface area contributed by atoms with E-state index in [0.717, 1.165) is 5.56 Å². The first kappa shape index (κ1) is 18.4. The Balaban J connectivity index is 2.34. The van der Waals surface area contributed by atoms with Gasteiger partial charge in [0.1, 0.15) is 0 Å². The van der Waals surface area contributed by atoms with E-state index in [1.807, 2.05) is 44.2 Å². The summed E-state index contributed by atoms with van der Waals surface area (Å²) in [6, 6.07) is 9.92. The number of hydrogen-bond acceptors (Lipinski definition) is 4. The summed E-state index contributed by atoms with van der Waals surface area (Å²) in [5.41, 5.74) is 1.11. The van der Waals surface area contributed by atoms with Crippen molar-refractivity contribution in [1.82, 2.24) is 0 Å². The molecule has 0 heterocycles. The molecule has 0 radical (unpaired) electrons. The molecule has 1 rings (SSSR count). The van der Waals surface area contributed by atoms with Gasteiger partial charge in [0.05, 0.1) is 25.9 Å². The van der Waals surface area contributed by atoms with E-state index in [-0.39, 0.29) is 17.8 Å².